The molecule has 0 bridgehead atoms. The fourth-order valence-corrected chi connectivity index (χ4v) is 4.99. The van der Waals surface area contributed by atoms with Gasteiger partial charge in [-0.25, -0.2) is 0 Å². The molecular weight excluding hydrogens is 516 g/mol. The molecule has 6 N–H and O–H groups in total. The van der Waals surface area contributed by atoms with Crippen LogP contribution in [0.4, 0.5) is 0 Å². The van der Waals surface area contributed by atoms with Crippen molar-refractivity contribution in [2.75, 3.05) is 41.2 Å². The van der Waals surface area contributed by atoms with Gasteiger partial charge in [-0.05, 0) is 36.6 Å². The highest BCUT2D eigenvalue weighted by Crippen LogP contribution is 2.53. The molecule has 0 radical (unpaired) electrons. The van der Waals surface area contributed by atoms with Gasteiger partial charge in [0.05, 0.1) is 40.5 Å². The van der Waals surface area contributed by atoms with E-state index in [9.17, 15) is 30.6 Å². The van der Waals surface area contributed by atoms with Gasteiger partial charge in [-0.1, -0.05) is 6.07 Å². The fourth-order valence-electron chi connectivity index (χ4n) is 4.99. The lowest BCUT2D eigenvalue weighted by molar-refractivity contribution is -0.277. The van der Waals surface area contributed by atoms with Gasteiger partial charge in [-0.2, -0.15) is 0 Å². The van der Waals surface area contributed by atoms with Crippen molar-refractivity contribution in [3.05, 3.63) is 41.0 Å². The molecule has 0 unspecified atom stereocenters. The van der Waals surface area contributed by atoms with E-state index in [0.29, 0.717) is 29.9 Å². The predicted octanol–water partition coefficient (Wildman–Crippen LogP) is 0.0256. The fraction of sp³-hybridized carbons (Fsp3) is 0.556. The highest BCUT2D eigenvalue weighted by molar-refractivity contribution is 5.58. The molecule has 216 valence electrons. The van der Waals surface area contributed by atoms with Crippen molar-refractivity contribution < 1.29 is 59.1 Å². The van der Waals surface area contributed by atoms with E-state index in [1.807, 2.05) is 12.1 Å². The van der Waals surface area contributed by atoms with Gasteiger partial charge in [0, 0.05) is 17.7 Å². The third-order valence-electron chi connectivity index (χ3n) is 7.09. The van der Waals surface area contributed by atoms with Crippen LogP contribution in [0.1, 0.15) is 35.1 Å². The largest absolute Gasteiger partial charge is 0.493 e. The van der Waals surface area contributed by atoms with Crippen LogP contribution >= 0.6 is 0 Å². The molecule has 39 heavy (non-hydrogen) atoms. The summed E-state index contributed by atoms with van der Waals surface area (Å²) in [6, 6.07) is 7.07. The Bertz CT molecular complexity index is 1100. The zero-order valence-corrected chi connectivity index (χ0v) is 22.0. The maximum absolute atomic E-state index is 10.4. The molecule has 2 heterocycles. The van der Waals surface area contributed by atoms with E-state index in [1.165, 1.54) is 21.3 Å². The van der Waals surface area contributed by atoms with E-state index in [0.717, 1.165) is 11.1 Å². The van der Waals surface area contributed by atoms with Crippen LogP contribution in [0.5, 0.6) is 28.7 Å². The summed E-state index contributed by atoms with van der Waals surface area (Å²) in [5, 5.41) is 59.7. The number of ether oxygens (including phenoxy) is 6. The van der Waals surface area contributed by atoms with Crippen molar-refractivity contribution in [2.45, 2.75) is 55.6 Å². The van der Waals surface area contributed by atoms with Crippen LogP contribution < -0.4 is 23.7 Å². The van der Waals surface area contributed by atoms with E-state index in [2.05, 4.69) is 0 Å². The van der Waals surface area contributed by atoms with E-state index >= 15 is 0 Å². The van der Waals surface area contributed by atoms with Crippen LogP contribution in [-0.2, 0) is 11.2 Å². The smallest absolute Gasteiger partial charge is 0.229 e. The molecule has 0 amide bonds. The number of hydrogen-bond donors (Lipinski definition) is 6. The molecule has 0 spiro atoms. The van der Waals surface area contributed by atoms with Gasteiger partial charge in [0.2, 0.25) is 12.0 Å². The number of methoxy groups -OCH3 is 3. The van der Waals surface area contributed by atoms with Gasteiger partial charge in [0.1, 0.15) is 30.5 Å². The van der Waals surface area contributed by atoms with Crippen molar-refractivity contribution in [1.29, 1.82) is 0 Å². The molecule has 2 aromatic carbocycles. The number of benzene rings is 2. The lowest BCUT2D eigenvalue weighted by Crippen LogP contribution is -2.60. The molecule has 4 rings (SSSR count). The summed E-state index contributed by atoms with van der Waals surface area (Å²) in [5.74, 6) is 1.00. The summed E-state index contributed by atoms with van der Waals surface area (Å²) in [7, 11) is 4.35. The Balaban J connectivity index is 1.68. The maximum Gasteiger partial charge on any atom is 0.229 e. The molecule has 7 atom stereocenters. The summed E-state index contributed by atoms with van der Waals surface area (Å²) in [6.07, 6.45) is -6.81. The molecule has 12 heteroatoms. The number of aliphatic hydroxyl groups excluding tert-OH is 6. The maximum atomic E-state index is 10.4. The van der Waals surface area contributed by atoms with Crippen LogP contribution in [0.2, 0.25) is 0 Å². The summed E-state index contributed by atoms with van der Waals surface area (Å²) < 4.78 is 34.3. The van der Waals surface area contributed by atoms with Crippen molar-refractivity contribution in [2.24, 2.45) is 0 Å². The Morgan fingerprint density at radius 2 is 1.46 bits per heavy atom. The number of fused-ring (bicyclic) bond motifs is 1. The third kappa shape index (κ3) is 5.59. The van der Waals surface area contributed by atoms with Crippen molar-refractivity contribution in [3.63, 3.8) is 0 Å². The normalized spacial score (nSPS) is 28.0. The number of hydrogen-bond acceptors (Lipinski definition) is 12. The molecule has 2 aromatic rings. The molecule has 0 saturated carbocycles. The predicted molar refractivity (Wildman–Crippen MR) is 136 cm³/mol. The summed E-state index contributed by atoms with van der Waals surface area (Å²) in [6.45, 7) is -0.775. The van der Waals surface area contributed by atoms with Crippen LogP contribution in [-0.4, -0.2) is 102 Å². The van der Waals surface area contributed by atoms with Gasteiger partial charge < -0.3 is 59.1 Å². The minimum Gasteiger partial charge on any atom is -0.493 e. The lowest BCUT2D eigenvalue weighted by Gasteiger charge is -2.39. The number of aliphatic hydroxyl groups is 6. The Morgan fingerprint density at radius 1 is 0.795 bits per heavy atom. The molecular formula is C27H36O12. The van der Waals surface area contributed by atoms with E-state index in [-0.39, 0.29) is 30.5 Å². The molecule has 0 aromatic heterocycles. The molecule has 1 saturated heterocycles. The van der Waals surface area contributed by atoms with Crippen LogP contribution in [0.15, 0.2) is 24.3 Å². The first-order chi connectivity index (χ1) is 18.8. The van der Waals surface area contributed by atoms with E-state index in [1.54, 1.807) is 12.1 Å². The van der Waals surface area contributed by atoms with Gasteiger partial charge in [0.15, 0.2) is 23.0 Å². The van der Waals surface area contributed by atoms with Crippen LogP contribution in [0, 0.1) is 0 Å². The van der Waals surface area contributed by atoms with E-state index in [4.69, 9.17) is 28.4 Å². The third-order valence-corrected chi connectivity index (χ3v) is 7.09. The Labute approximate surface area is 225 Å². The zero-order valence-electron chi connectivity index (χ0n) is 22.0. The minimum atomic E-state index is -1.63. The molecule has 0 aliphatic carbocycles. The average Bonchev–Trinajstić information content (AvgIpc) is 3.34. The first kappa shape index (κ1) is 29.2. The second-order valence-electron chi connectivity index (χ2n) is 9.44. The Hall–Kier alpha value is -2.84. The quantitative estimate of drug-likeness (QED) is 0.221. The highest BCUT2D eigenvalue weighted by Gasteiger charge is 2.45. The number of aryl methyl sites for hydroxylation is 1. The van der Waals surface area contributed by atoms with Gasteiger partial charge in [-0.15, -0.1) is 0 Å². The molecule has 2 aliphatic heterocycles. The number of rotatable bonds is 11. The molecule has 1 fully saturated rings. The minimum absolute atomic E-state index is 0.0491. The van der Waals surface area contributed by atoms with Gasteiger partial charge in [-0.3, -0.25) is 0 Å². The Kier molecular flexibility index (Phi) is 9.39. The summed E-state index contributed by atoms with van der Waals surface area (Å²) >= 11 is 0. The SMILES string of the molecule is COc1cc([C@@H]2Oc3c(OC)cc(CCCO)cc3[C@H]2CO)cc(OC)c1O[C@@H]1O[C@H](CO)[C@@H](O)[C@H](O)[C@H]1O. The van der Waals surface area contributed by atoms with Gasteiger partial charge in [0.25, 0.3) is 0 Å². The summed E-state index contributed by atoms with van der Waals surface area (Å²) in [5.41, 5.74) is 2.31. The van der Waals surface area contributed by atoms with Crippen molar-refractivity contribution in [1.82, 2.24) is 0 Å². The van der Waals surface area contributed by atoms with Crippen molar-refractivity contribution in [3.8, 4) is 28.7 Å². The highest BCUT2D eigenvalue weighted by atomic mass is 16.7. The standard InChI is InChI=1S/C27H36O12/c1-34-17-8-13(5-4-6-28)7-15-16(11-29)24(38-25(15)17)14-9-18(35-2)26(19(10-14)36-3)39-27-23(33)22(32)21(31)20(12-30)37-27/h7-10,16,20-24,27-33H,4-6,11-12H2,1-3H3/t16-,20-,21-,22+,23-,24+,27+/m1/s1. The topological polar surface area (TPSA) is 177 Å². The summed E-state index contributed by atoms with van der Waals surface area (Å²) in [4.78, 5) is 0. The second-order valence-corrected chi connectivity index (χ2v) is 9.44. The lowest BCUT2D eigenvalue weighted by atomic mass is 9.90. The van der Waals surface area contributed by atoms with Crippen molar-refractivity contribution >= 4 is 0 Å². The first-order valence-electron chi connectivity index (χ1n) is 12.6. The zero-order chi connectivity index (χ0) is 28.3. The average molecular weight is 553 g/mol. The van der Waals surface area contributed by atoms with Crippen LogP contribution in [0.3, 0.4) is 0 Å². The van der Waals surface area contributed by atoms with Gasteiger partial charge >= 0.3 is 0 Å². The van der Waals surface area contributed by atoms with E-state index < -0.39 is 49.3 Å². The van der Waals surface area contributed by atoms with Crippen LogP contribution in [0.25, 0.3) is 0 Å². The second kappa shape index (κ2) is 12.6. The molecule has 12 nitrogen and oxygen atoms in total. The Morgan fingerprint density at radius 3 is 2.03 bits per heavy atom. The monoisotopic (exact) mass is 552 g/mol. The molecule has 2 aliphatic rings. The first-order valence-corrected chi connectivity index (χ1v) is 12.6.